The van der Waals surface area contributed by atoms with E-state index in [2.05, 4.69) is 40.7 Å². The molecule has 1 aromatic carbocycles. The summed E-state index contributed by atoms with van der Waals surface area (Å²) in [4.78, 5) is 27.7. The van der Waals surface area contributed by atoms with Crippen LogP contribution in [0.25, 0.3) is 0 Å². The molecule has 0 radical (unpaired) electrons. The minimum Gasteiger partial charge on any atom is -0.355 e. The molecule has 24 heavy (non-hydrogen) atoms. The maximum absolute atomic E-state index is 12.2. The average molecular weight is 332 g/mol. The van der Waals surface area contributed by atoms with Crippen molar-refractivity contribution >= 4 is 11.9 Å². The van der Waals surface area contributed by atoms with Gasteiger partial charge in [0, 0.05) is 39.3 Å². The number of rotatable bonds is 6. The molecule has 1 saturated heterocycles. The van der Waals surface area contributed by atoms with Gasteiger partial charge in [0.05, 0.1) is 6.54 Å². The van der Waals surface area contributed by atoms with Crippen molar-refractivity contribution in [1.82, 2.24) is 20.4 Å². The van der Waals surface area contributed by atoms with Gasteiger partial charge in [0.15, 0.2) is 0 Å². The molecule has 0 saturated carbocycles. The maximum Gasteiger partial charge on any atom is 0.317 e. The molecular weight excluding hydrogens is 304 g/mol. The van der Waals surface area contributed by atoms with Crippen molar-refractivity contribution in [3.8, 4) is 0 Å². The monoisotopic (exact) mass is 332 g/mol. The molecule has 0 aliphatic carbocycles. The minimum absolute atomic E-state index is 0.0136. The largest absolute Gasteiger partial charge is 0.355 e. The quantitative estimate of drug-likeness (QED) is 0.817. The highest BCUT2D eigenvalue weighted by atomic mass is 16.2. The van der Waals surface area contributed by atoms with Gasteiger partial charge in [0.2, 0.25) is 5.91 Å². The number of carbonyl (C=O) groups is 2. The number of nitrogens with one attached hydrogen (secondary N) is 2. The number of aryl methyl sites for hydroxylation is 1. The zero-order valence-corrected chi connectivity index (χ0v) is 14.7. The lowest BCUT2D eigenvalue weighted by Gasteiger charge is -2.34. The van der Waals surface area contributed by atoms with E-state index in [-0.39, 0.29) is 11.9 Å². The van der Waals surface area contributed by atoms with Crippen molar-refractivity contribution in [1.29, 1.82) is 0 Å². The highest BCUT2D eigenvalue weighted by molar-refractivity contribution is 5.78. The van der Waals surface area contributed by atoms with E-state index in [1.165, 1.54) is 11.1 Å². The van der Waals surface area contributed by atoms with Crippen molar-refractivity contribution < 1.29 is 9.59 Å². The zero-order chi connectivity index (χ0) is 17.4. The zero-order valence-electron chi connectivity index (χ0n) is 14.7. The van der Waals surface area contributed by atoms with Gasteiger partial charge in [-0.3, -0.25) is 9.69 Å². The summed E-state index contributed by atoms with van der Waals surface area (Å²) in [6, 6.07) is 8.33. The Balaban J connectivity index is 1.66. The van der Waals surface area contributed by atoms with Gasteiger partial charge >= 0.3 is 6.03 Å². The van der Waals surface area contributed by atoms with E-state index in [1.807, 2.05) is 17.9 Å². The standard InChI is InChI=1S/C18H28N4O2/c1-3-19-17(23)14-21-9-11-22(12-10-21)18(24)20-8-7-16-6-4-5-15(2)13-16/h4-6,13H,3,7-12,14H2,1-2H3,(H,19,23)(H,20,24). The Bertz CT molecular complexity index is 554. The molecule has 0 unspecified atom stereocenters. The SMILES string of the molecule is CCNC(=O)CN1CCN(C(=O)NCCc2cccc(C)c2)CC1. The van der Waals surface area contributed by atoms with Crippen LogP contribution in [0.1, 0.15) is 18.1 Å². The van der Waals surface area contributed by atoms with Gasteiger partial charge in [0.1, 0.15) is 0 Å². The van der Waals surface area contributed by atoms with E-state index in [9.17, 15) is 9.59 Å². The first-order valence-electron chi connectivity index (χ1n) is 8.66. The van der Waals surface area contributed by atoms with Crippen LogP contribution in [0.2, 0.25) is 0 Å². The smallest absolute Gasteiger partial charge is 0.317 e. The molecule has 0 atom stereocenters. The summed E-state index contributed by atoms with van der Waals surface area (Å²) < 4.78 is 0. The first kappa shape index (κ1) is 18.3. The summed E-state index contributed by atoms with van der Waals surface area (Å²) in [7, 11) is 0. The van der Waals surface area contributed by atoms with E-state index in [4.69, 9.17) is 0 Å². The molecule has 132 valence electrons. The molecule has 0 spiro atoms. The summed E-state index contributed by atoms with van der Waals surface area (Å²) >= 11 is 0. The minimum atomic E-state index is -0.0136. The maximum atomic E-state index is 12.2. The molecule has 3 amide bonds. The highest BCUT2D eigenvalue weighted by Crippen LogP contribution is 2.05. The molecule has 2 rings (SSSR count). The third kappa shape index (κ3) is 5.85. The van der Waals surface area contributed by atoms with Crippen LogP contribution in [0.4, 0.5) is 4.79 Å². The number of nitrogens with zero attached hydrogens (tertiary/aromatic N) is 2. The second-order valence-electron chi connectivity index (χ2n) is 6.19. The van der Waals surface area contributed by atoms with Gasteiger partial charge < -0.3 is 15.5 Å². The van der Waals surface area contributed by atoms with E-state index < -0.39 is 0 Å². The number of hydrogen-bond acceptors (Lipinski definition) is 3. The second kappa shape index (κ2) is 9.27. The third-order valence-corrected chi connectivity index (χ3v) is 4.17. The van der Waals surface area contributed by atoms with Gasteiger partial charge in [-0.15, -0.1) is 0 Å². The summed E-state index contributed by atoms with van der Waals surface area (Å²) in [5, 5.41) is 5.79. The highest BCUT2D eigenvalue weighted by Gasteiger charge is 2.21. The van der Waals surface area contributed by atoms with Gasteiger partial charge in [-0.2, -0.15) is 0 Å². The summed E-state index contributed by atoms with van der Waals surface area (Å²) in [5.74, 6) is 0.0496. The molecule has 6 nitrogen and oxygen atoms in total. The molecule has 1 fully saturated rings. The number of likely N-dealkylation sites (N-methyl/N-ethyl adjacent to an activating group) is 1. The van der Waals surface area contributed by atoms with E-state index >= 15 is 0 Å². The van der Waals surface area contributed by atoms with E-state index in [0.717, 1.165) is 19.5 Å². The fourth-order valence-corrected chi connectivity index (χ4v) is 2.86. The van der Waals surface area contributed by atoms with Gasteiger partial charge in [-0.1, -0.05) is 29.8 Å². The summed E-state index contributed by atoms with van der Waals surface area (Å²) in [6.45, 7) is 8.50. The molecule has 2 N–H and O–H groups in total. The number of piperazine rings is 1. The van der Waals surface area contributed by atoms with Crippen LogP contribution >= 0.6 is 0 Å². The Morgan fingerprint density at radius 2 is 1.88 bits per heavy atom. The normalized spacial score (nSPS) is 15.2. The first-order chi connectivity index (χ1) is 11.6. The van der Waals surface area contributed by atoms with Crippen molar-refractivity contribution in [2.45, 2.75) is 20.3 Å². The molecule has 1 heterocycles. The first-order valence-corrected chi connectivity index (χ1v) is 8.66. The van der Waals surface area contributed by atoms with E-state index in [1.54, 1.807) is 0 Å². The lowest BCUT2D eigenvalue weighted by molar-refractivity contribution is -0.122. The fraction of sp³-hybridized carbons (Fsp3) is 0.556. The van der Waals surface area contributed by atoms with Crippen molar-refractivity contribution in [2.75, 3.05) is 45.8 Å². The van der Waals surface area contributed by atoms with Crippen LogP contribution in [-0.2, 0) is 11.2 Å². The molecule has 0 aromatic heterocycles. The molecule has 1 aliphatic heterocycles. The fourth-order valence-electron chi connectivity index (χ4n) is 2.86. The summed E-state index contributed by atoms with van der Waals surface area (Å²) in [5.41, 5.74) is 2.48. The third-order valence-electron chi connectivity index (χ3n) is 4.17. The van der Waals surface area contributed by atoms with Gasteiger partial charge in [-0.05, 0) is 25.8 Å². The molecule has 1 aromatic rings. The Morgan fingerprint density at radius 3 is 2.54 bits per heavy atom. The van der Waals surface area contributed by atoms with Crippen LogP contribution in [0.15, 0.2) is 24.3 Å². The van der Waals surface area contributed by atoms with E-state index in [0.29, 0.717) is 32.7 Å². The molecule has 6 heteroatoms. The van der Waals surface area contributed by atoms with Crippen molar-refractivity contribution in [2.24, 2.45) is 0 Å². The topological polar surface area (TPSA) is 64.7 Å². The average Bonchev–Trinajstić information content (AvgIpc) is 2.55. The van der Waals surface area contributed by atoms with Crippen LogP contribution in [0.3, 0.4) is 0 Å². The lowest BCUT2D eigenvalue weighted by atomic mass is 10.1. The number of hydrogen-bond donors (Lipinski definition) is 2. The number of benzene rings is 1. The van der Waals surface area contributed by atoms with Crippen LogP contribution in [0, 0.1) is 6.92 Å². The molecule has 0 bridgehead atoms. The molecular formula is C18H28N4O2. The van der Waals surface area contributed by atoms with Gasteiger partial charge in [-0.25, -0.2) is 4.79 Å². The van der Waals surface area contributed by atoms with Crippen molar-refractivity contribution in [3.05, 3.63) is 35.4 Å². The van der Waals surface area contributed by atoms with Crippen molar-refractivity contribution in [3.63, 3.8) is 0 Å². The van der Waals surface area contributed by atoms with Gasteiger partial charge in [0.25, 0.3) is 0 Å². The number of amides is 3. The Labute approximate surface area is 144 Å². The molecule has 1 aliphatic rings. The predicted octanol–water partition coefficient (Wildman–Crippen LogP) is 1.00. The Kier molecular flexibility index (Phi) is 7.06. The number of carbonyl (C=O) groups excluding carboxylic acids is 2. The summed E-state index contributed by atoms with van der Waals surface area (Å²) in [6.07, 6.45) is 0.838. The number of urea groups is 1. The lowest BCUT2D eigenvalue weighted by Crippen LogP contribution is -2.53. The van der Waals surface area contributed by atoms with Crippen LogP contribution in [-0.4, -0.2) is 67.6 Å². The Morgan fingerprint density at radius 1 is 1.12 bits per heavy atom. The predicted molar refractivity (Wildman–Crippen MR) is 95.0 cm³/mol. The van der Waals surface area contributed by atoms with Crippen LogP contribution in [0.5, 0.6) is 0 Å². The second-order valence-corrected chi connectivity index (χ2v) is 6.19. The Hall–Kier alpha value is -2.08. The van der Waals surface area contributed by atoms with Crippen LogP contribution < -0.4 is 10.6 Å².